The summed E-state index contributed by atoms with van der Waals surface area (Å²) < 4.78 is 12.8. The van der Waals surface area contributed by atoms with E-state index in [1.165, 1.54) is 12.1 Å². The Morgan fingerprint density at radius 2 is 1.84 bits per heavy atom. The minimum absolute atomic E-state index is 0.00996. The van der Waals surface area contributed by atoms with E-state index in [1.54, 1.807) is 24.3 Å². The number of benzene rings is 2. The van der Waals surface area contributed by atoms with Crippen LogP contribution in [0.3, 0.4) is 0 Å². The fourth-order valence-electron chi connectivity index (χ4n) is 2.04. The van der Waals surface area contributed by atoms with Crippen molar-refractivity contribution in [2.75, 3.05) is 5.73 Å². The van der Waals surface area contributed by atoms with Crippen LogP contribution in [0, 0.1) is 5.82 Å². The third-order valence-electron chi connectivity index (χ3n) is 3.09. The maximum Gasteiger partial charge on any atom is 0.167 e. The Balaban J connectivity index is 2.24. The molecule has 19 heavy (non-hydrogen) atoms. The van der Waals surface area contributed by atoms with E-state index in [4.69, 9.17) is 5.73 Å². The van der Waals surface area contributed by atoms with Crippen molar-refractivity contribution in [2.24, 2.45) is 0 Å². The van der Waals surface area contributed by atoms with Crippen LogP contribution in [0.2, 0.25) is 0 Å². The molecule has 2 N–H and O–H groups in total. The third-order valence-corrected chi connectivity index (χ3v) is 3.09. The van der Waals surface area contributed by atoms with Gasteiger partial charge < -0.3 is 5.73 Å². The van der Waals surface area contributed by atoms with E-state index in [0.29, 0.717) is 11.3 Å². The molecular weight excluding hydrogens is 241 g/mol. The van der Waals surface area contributed by atoms with Crippen molar-refractivity contribution in [3.8, 4) is 0 Å². The van der Waals surface area contributed by atoms with Crippen LogP contribution in [-0.4, -0.2) is 5.78 Å². The number of Topliss-reactive ketones (excluding diaryl/α,β-unsaturated/α-hetero) is 1. The molecule has 0 amide bonds. The Morgan fingerprint density at radius 3 is 2.47 bits per heavy atom. The smallest absolute Gasteiger partial charge is 0.167 e. The monoisotopic (exact) mass is 257 g/mol. The Kier molecular flexibility index (Phi) is 3.95. The lowest BCUT2D eigenvalue weighted by Gasteiger charge is -2.08. The molecular formula is C16H16FNO. The lowest BCUT2D eigenvalue weighted by Crippen LogP contribution is -2.07. The summed E-state index contributed by atoms with van der Waals surface area (Å²) in [5.41, 5.74) is 8.76. The zero-order valence-electron chi connectivity index (χ0n) is 10.8. The molecule has 2 nitrogen and oxygen atoms in total. The predicted octanol–water partition coefficient (Wildman–Crippen LogP) is 3.40. The topological polar surface area (TPSA) is 43.1 Å². The van der Waals surface area contributed by atoms with Crippen LogP contribution in [0.15, 0.2) is 42.5 Å². The van der Waals surface area contributed by atoms with Crippen molar-refractivity contribution >= 4 is 11.5 Å². The van der Waals surface area contributed by atoms with Crippen LogP contribution in [0.25, 0.3) is 0 Å². The van der Waals surface area contributed by atoms with Crippen molar-refractivity contribution in [2.45, 2.75) is 19.8 Å². The molecule has 0 aliphatic rings. The van der Waals surface area contributed by atoms with Crippen molar-refractivity contribution in [3.05, 3.63) is 65.0 Å². The summed E-state index contributed by atoms with van der Waals surface area (Å²) >= 11 is 0. The molecule has 3 heteroatoms. The average molecular weight is 257 g/mol. The molecule has 0 fully saturated rings. The zero-order valence-corrected chi connectivity index (χ0v) is 10.8. The molecule has 0 heterocycles. The molecule has 0 saturated heterocycles. The largest absolute Gasteiger partial charge is 0.399 e. The van der Waals surface area contributed by atoms with E-state index in [-0.39, 0.29) is 18.0 Å². The number of aryl methyl sites for hydroxylation is 1. The molecule has 0 aliphatic heterocycles. The van der Waals surface area contributed by atoms with Crippen molar-refractivity contribution in [1.82, 2.24) is 0 Å². The first kappa shape index (κ1) is 13.3. The Hall–Kier alpha value is -2.16. The highest BCUT2D eigenvalue weighted by atomic mass is 19.1. The second kappa shape index (κ2) is 5.65. The highest BCUT2D eigenvalue weighted by Gasteiger charge is 2.11. The molecule has 0 radical (unpaired) electrons. The van der Waals surface area contributed by atoms with Crippen LogP contribution in [0.5, 0.6) is 0 Å². The summed E-state index contributed by atoms with van der Waals surface area (Å²) in [6.07, 6.45) is 1.04. The lowest BCUT2D eigenvalue weighted by molar-refractivity contribution is 0.0992. The first-order valence-corrected chi connectivity index (χ1v) is 6.26. The molecule has 0 unspecified atom stereocenters. The van der Waals surface area contributed by atoms with Crippen molar-refractivity contribution in [1.29, 1.82) is 0 Å². The first-order chi connectivity index (χ1) is 9.10. The number of nitrogen functional groups attached to an aromatic ring is 1. The van der Waals surface area contributed by atoms with Crippen LogP contribution in [0.4, 0.5) is 10.1 Å². The number of halogens is 1. The number of carbonyl (C=O) groups is 1. The molecule has 0 aromatic heterocycles. The highest BCUT2D eigenvalue weighted by Crippen LogP contribution is 2.17. The molecule has 2 rings (SSSR count). The van der Waals surface area contributed by atoms with Gasteiger partial charge in [0.1, 0.15) is 5.82 Å². The summed E-state index contributed by atoms with van der Waals surface area (Å²) in [4.78, 5) is 12.3. The quantitative estimate of drug-likeness (QED) is 0.674. The third kappa shape index (κ3) is 3.19. The fourth-order valence-corrected chi connectivity index (χ4v) is 2.04. The summed E-state index contributed by atoms with van der Waals surface area (Å²) in [6.45, 7) is 2.00. The second-order valence-electron chi connectivity index (χ2n) is 4.50. The van der Waals surface area contributed by atoms with Gasteiger partial charge in [0, 0.05) is 17.7 Å². The van der Waals surface area contributed by atoms with E-state index >= 15 is 0 Å². The van der Waals surface area contributed by atoms with E-state index in [0.717, 1.165) is 17.5 Å². The van der Waals surface area contributed by atoms with Gasteiger partial charge in [0.2, 0.25) is 0 Å². The van der Waals surface area contributed by atoms with Crippen LogP contribution in [0.1, 0.15) is 28.4 Å². The number of rotatable bonds is 4. The van der Waals surface area contributed by atoms with E-state index < -0.39 is 0 Å². The van der Waals surface area contributed by atoms with Crippen LogP contribution >= 0.6 is 0 Å². The van der Waals surface area contributed by atoms with Gasteiger partial charge in [-0.2, -0.15) is 0 Å². The van der Waals surface area contributed by atoms with Gasteiger partial charge in [-0.05, 0) is 41.8 Å². The number of carbonyl (C=O) groups excluding carboxylic acids is 1. The number of nitrogens with two attached hydrogens (primary N) is 1. The fraction of sp³-hybridized carbons (Fsp3) is 0.188. The number of anilines is 1. The number of hydrogen-bond acceptors (Lipinski definition) is 2. The van der Waals surface area contributed by atoms with Crippen molar-refractivity contribution in [3.63, 3.8) is 0 Å². The molecule has 0 spiro atoms. The minimum atomic E-state index is -0.297. The van der Waals surface area contributed by atoms with Crippen molar-refractivity contribution < 1.29 is 9.18 Å². The summed E-state index contributed by atoms with van der Waals surface area (Å²) in [5, 5.41) is 0. The summed E-state index contributed by atoms with van der Waals surface area (Å²) in [6, 6.07) is 11.4. The van der Waals surface area contributed by atoms with Gasteiger partial charge in [0.25, 0.3) is 0 Å². The van der Waals surface area contributed by atoms with Crippen LogP contribution < -0.4 is 5.73 Å². The normalized spacial score (nSPS) is 10.4. The Morgan fingerprint density at radius 1 is 1.16 bits per heavy atom. The van der Waals surface area contributed by atoms with Gasteiger partial charge in [-0.25, -0.2) is 4.39 Å². The number of hydrogen-bond donors (Lipinski definition) is 1. The van der Waals surface area contributed by atoms with Gasteiger partial charge in [0.15, 0.2) is 5.78 Å². The maximum absolute atomic E-state index is 12.8. The molecule has 0 aliphatic carbocycles. The molecule has 0 atom stereocenters. The first-order valence-electron chi connectivity index (χ1n) is 6.26. The number of ketones is 1. The maximum atomic E-state index is 12.8. The standard InChI is InChI=1S/C16H16FNO/c1-2-12-5-8-14(18)10-15(12)16(19)9-11-3-6-13(17)7-4-11/h3-8,10H,2,9,18H2,1H3. The van der Waals surface area contributed by atoms with E-state index in [9.17, 15) is 9.18 Å². The van der Waals surface area contributed by atoms with Gasteiger partial charge in [0.05, 0.1) is 0 Å². The zero-order chi connectivity index (χ0) is 13.8. The summed E-state index contributed by atoms with van der Waals surface area (Å²) in [7, 11) is 0. The second-order valence-corrected chi connectivity index (χ2v) is 4.50. The minimum Gasteiger partial charge on any atom is -0.399 e. The molecule has 98 valence electrons. The van der Waals surface area contributed by atoms with E-state index in [1.807, 2.05) is 13.0 Å². The van der Waals surface area contributed by atoms with Crippen LogP contribution in [-0.2, 0) is 12.8 Å². The Labute approximate surface area is 112 Å². The molecule has 0 saturated carbocycles. The van der Waals surface area contributed by atoms with Gasteiger partial charge in [-0.15, -0.1) is 0 Å². The Bertz CT molecular complexity index is 590. The van der Waals surface area contributed by atoms with Gasteiger partial charge in [-0.3, -0.25) is 4.79 Å². The van der Waals surface area contributed by atoms with Gasteiger partial charge in [-0.1, -0.05) is 25.1 Å². The van der Waals surface area contributed by atoms with Gasteiger partial charge >= 0.3 is 0 Å². The predicted molar refractivity (Wildman–Crippen MR) is 74.7 cm³/mol. The lowest BCUT2D eigenvalue weighted by atomic mass is 9.96. The SMILES string of the molecule is CCc1ccc(N)cc1C(=O)Cc1ccc(F)cc1. The molecule has 2 aromatic rings. The molecule has 0 bridgehead atoms. The summed E-state index contributed by atoms with van der Waals surface area (Å²) in [5.74, 6) is -0.287. The average Bonchev–Trinajstić information content (AvgIpc) is 2.41. The van der Waals surface area contributed by atoms with E-state index in [2.05, 4.69) is 0 Å². The highest BCUT2D eigenvalue weighted by molar-refractivity contribution is 5.99. The molecule has 2 aromatic carbocycles.